The number of aliphatic hydroxyl groups excluding tert-OH is 1. The molecule has 0 spiro atoms. The van der Waals surface area contributed by atoms with Gasteiger partial charge in [-0.15, -0.1) is 0 Å². The fraction of sp³-hybridized carbons (Fsp3) is 0.923. The third-order valence-electron chi connectivity index (χ3n) is 4.20. The maximum Gasteiger partial charge on any atom is 0.220 e. The van der Waals surface area contributed by atoms with E-state index >= 15 is 0 Å². The van der Waals surface area contributed by atoms with Gasteiger partial charge in [-0.05, 0) is 56.5 Å². The van der Waals surface area contributed by atoms with Crippen LogP contribution in [0.4, 0.5) is 0 Å². The molecule has 4 nitrogen and oxygen atoms in total. The second kappa shape index (κ2) is 5.83. The fourth-order valence-corrected chi connectivity index (χ4v) is 2.60. The Morgan fingerprint density at radius 1 is 1.47 bits per heavy atom. The molecule has 1 saturated carbocycles. The van der Waals surface area contributed by atoms with E-state index in [1.165, 1.54) is 6.42 Å². The predicted octanol–water partition coefficient (Wildman–Crippen LogP) is 0.655. The molecule has 1 amide bonds. The van der Waals surface area contributed by atoms with E-state index in [0.29, 0.717) is 12.3 Å². The molecule has 4 heteroatoms. The lowest BCUT2D eigenvalue weighted by atomic mass is 10.0. The Hall–Kier alpha value is -0.610. The van der Waals surface area contributed by atoms with Gasteiger partial charge in [-0.25, -0.2) is 0 Å². The highest BCUT2D eigenvalue weighted by Gasteiger charge is 2.41. The Morgan fingerprint density at radius 2 is 2.29 bits per heavy atom. The molecule has 1 heterocycles. The smallest absolute Gasteiger partial charge is 0.220 e. The summed E-state index contributed by atoms with van der Waals surface area (Å²) in [5.74, 6) is 0.870. The number of rotatable bonds is 7. The number of nitrogens with one attached hydrogen (secondary N) is 2. The lowest BCUT2D eigenvalue weighted by Crippen LogP contribution is -2.30. The molecule has 2 rings (SSSR count). The zero-order chi connectivity index (χ0) is 12.1. The van der Waals surface area contributed by atoms with E-state index in [-0.39, 0.29) is 17.9 Å². The van der Waals surface area contributed by atoms with Gasteiger partial charge in [0.1, 0.15) is 0 Å². The Bertz CT molecular complexity index is 258. The van der Waals surface area contributed by atoms with Crippen molar-refractivity contribution in [1.82, 2.24) is 10.6 Å². The number of hydrogen-bond donors (Lipinski definition) is 3. The molecule has 2 fully saturated rings. The van der Waals surface area contributed by atoms with Crippen LogP contribution in [0.15, 0.2) is 0 Å². The first-order chi connectivity index (χ1) is 8.24. The molecule has 1 aliphatic heterocycles. The van der Waals surface area contributed by atoms with Crippen LogP contribution in [0, 0.1) is 11.3 Å². The summed E-state index contributed by atoms with van der Waals surface area (Å²) in [5.41, 5.74) is 0.235. The largest absolute Gasteiger partial charge is 0.396 e. The number of carbonyl (C=O) groups is 1. The van der Waals surface area contributed by atoms with E-state index < -0.39 is 0 Å². The minimum atomic E-state index is 0.182. The minimum absolute atomic E-state index is 0.182. The van der Waals surface area contributed by atoms with Crippen LogP contribution in [0.1, 0.15) is 38.5 Å². The SMILES string of the molecule is O=C(CCC1CCNC1)NCC1(CCO)CC1. The summed E-state index contributed by atoms with van der Waals surface area (Å²) in [4.78, 5) is 11.7. The lowest BCUT2D eigenvalue weighted by Gasteiger charge is -2.15. The van der Waals surface area contributed by atoms with Crippen molar-refractivity contribution >= 4 is 5.91 Å². The molecule has 0 aromatic carbocycles. The average Bonchev–Trinajstić information content (AvgIpc) is 2.90. The summed E-state index contributed by atoms with van der Waals surface area (Å²) in [6.07, 6.45) is 6.01. The highest BCUT2D eigenvalue weighted by atomic mass is 16.3. The summed E-state index contributed by atoms with van der Waals surface area (Å²) < 4.78 is 0. The van der Waals surface area contributed by atoms with Gasteiger partial charge in [0.2, 0.25) is 5.91 Å². The zero-order valence-electron chi connectivity index (χ0n) is 10.5. The summed E-state index contributed by atoms with van der Waals surface area (Å²) in [6, 6.07) is 0. The Labute approximate surface area is 103 Å². The molecular weight excluding hydrogens is 216 g/mol. The van der Waals surface area contributed by atoms with Gasteiger partial charge in [-0.3, -0.25) is 4.79 Å². The second-order valence-corrected chi connectivity index (χ2v) is 5.65. The zero-order valence-corrected chi connectivity index (χ0v) is 10.5. The van der Waals surface area contributed by atoms with E-state index in [1.54, 1.807) is 0 Å². The summed E-state index contributed by atoms with van der Waals surface area (Å²) in [6.45, 7) is 3.17. The van der Waals surface area contributed by atoms with Crippen LogP contribution in [0.5, 0.6) is 0 Å². The van der Waals surface area contributed by atoms with Crippen molar-refractivity contribution < 1.29 is 9.90 Å². The van der Waals surface area contributed by atoms with Gasteiger partial charge >= 0.3 is 0 Å². The van der Waals surface area contributed by atoms with Crippen LogP contribution in [0.25, 0.3) is 0 Å². The van der Waals surface area contributed by atoms with Crippen molar-refractivity contribution in [3.05, 3.63) is 0 Å². The molecule has 1 atom stereocenters. The van der Waals surface area contributed by atoms with Crippen molar-refractivity contribution in [3.63, 3.8) is 0 Å². The monoisotopic (exact) mass is 240 g/mol. The quantitative estimate of drug-likeness (QED) is 0.612. The van der Waals surface area contributed by atoms with Crippen LogP contribution >= 0.6 is 0 Å². The van der Waals surface area contributed by atoms with Crippen LogP contribution in [-0.4, -0.2) is 37.3 Å². The normalized spacial score (nSPS) is 25.8. The van der Waals surface area contributed by atoms with Crippen LogP contribution in [0.2, 0.25) is 0 Å². The summed E-state index contributed by atoms with van der Waals surface area (Å²) in [7, 11) is 0. The van der Waals surface area contributed by atoms with Crippen molar-refractivity contribution in [2.45, 2.75) is 38.5 Å². The van der Waals surface area contributed by atoms with Crippen LogP contribution in [-0.2, 0) is 4.79 Å². The molecule has 0 radical (unpaired) electrons. The molecule has 3 N–H and O–H groups in total. The maximum atomic E-state index is 11.7. The standard InChI is InChI=1S/C13H24N2O2/c16-8-6-13(4-5-13)10-15-12(17)2-1-11-3-7-14-9-11/h11,14,16H,1-10H2,(H,15,17). The third kappa shape index (κ3) is 3.96. The first-order valence-electron chi connectivity index (χ1n) is 6.82. The Kier molecular flexibility index (Phi) is 4.40. The lowest BCUT2D eigenvalue weighted by molar-refractivity contribution is -0.121. The third-order valence-corrected chi connectivity index (χ3v) is 4.20. The van der Waals surface area contributed by atoms with Crippen molar-refractivity contribution in [1.29, 1.82) is 0 Å². The van der Waals surface area contributed by atoms with Crippen LogP contribution < -0.4 is 10.6 Å². The predicted molar refractivity (Wildman–Crippen MR) is 66.6 cm³/mol. The molecule has 17 heavy (non-hydrogen) atoms. The second-order valence-electron chi connectivity index (χ2n) is 5.65. The average molecular weight is 240 g/mol. The fourth-order valence-electron chi connectivity index (χ4n) is 2.60. The van der Waals surface area contributed by atoms with E-state index in [1.807, 2.05) is 0 Å². The summed E-state index contributed by atoms with van der Waals surface area (Å²) in [5, 5.41) is 15.3. The van der Waals surface area contributed by atoms with Gasteiger partial charge < -0.3 is 15.7 Å². The van der Waals surface area contributed by atoms with Crippen LogP contribution in [0.3, 0.4) is 0 Å². The molecular formula is C13H24N2O2. The van der Waals surface area contributed by atoms with Crippen molar-refractivity contribution in [3.8, 4) is 0 Å². The van der Waals surface area contributed by atoms with E-state index in [2.05, 4.69) is 10.6 Å². The molecule has 2 aliphatic rings. The van der Waals surface area contributed by atoms with Gasteiger partial charge in [-0.1, -0.05) is 0 Å². The van der Waals surface area contributed by atoms with Gasteiger partial charge in [0, 0.05) is 19.6 Å². The Morgan fingerprint density at radius 3 is 2.88 bits per heavy atom. The molecule has 1 aliphatic carbocycles. The van der Waals surface area contributed by atoms with Gasteiger partial charge in [0.05, 0.1) is 0 Å². The number of hydrogen-bond acceptors (Lipinski definition) is 3. The first-order valence-corrected chi connectivity index (χ1v) is 6.82. The molecule has 0 bridgehead atoms. The topological polar surface area (TPSA) is 61.4 Å². The first kappa shape index (κ1) is 12.8. The van der Waals surface area contributed by atoms with Gasteiger partial charge in [0.15, 0.2) is 0 Å². The van der Waals surface area contributed by atoms with Crippen molar-refractivity contribution in [2.75, 3.05) is 26.2 Å². The van der Waals surface area contributed by atoms with E-state index in [0.717, 1.165) is 45.3 Å². The van der Waals surface area contributed by atoms with Crippen molar-refractivity contribution in [2.24, 2.45) is 11.3 Å². The molecule has 1 saturated heterocycles. The summed E-state index contributed by atoms with van der Waals surface area (Å²) >= 11 is 0. The van der Waals surface area contributed by atoms with E-state index in [9.17, 15) is 4.79 Å². The highest BCUT2D eigenvalue weighted by molar-refractivity contribution is 5.75. The number of amides is 1. The maximum absolute atomic E-state index is 11.7. The van der Waals surface area contributed by atoms with Gasteiger partial charge in [-0.2, -0.15) is 0 Å². The minimum Gasteiger partial charge on any atom is -0.396 e. The molecule has 98 valence electrons. The van der Waals surface area contributed by atoms with Gasteiger partial charge in [0.25, 0.3) is 0 Å². The number of aliphatic hydroxyl groups is 1. The molecule has 0 aromatic rings. The molecule has 0 aromatic heterocycles. The highest BCUT2D eigenvalue weighted by Crippen LogP contribution is 2.47. The Balaban J connectivity index is 1.57. The van der Waals surface area contributed by atoms with E-state index in [4.69, 9.17) is 5.11 Å². The molecule has 1 unspecified atom stereocenters. The number of carbonyl (C=O) groups excluding carboxylic acids is 1.